The third kappa shape index (κ3) is 7.89. The van der Waals surface area contributed by atoms with Gasteiger partial charge >= 0.3 is 6.18 Å². The van der Waals surface area contributed by atoms with Gasteiger partial charge in [-0.1, -0.05) is 0 Å². The third-order valence-electron chi connectivity index (χ3n) is 0.841. The summed E-state index contributed by atoms with van der Waals surface area (Å²) in [6, 6.07) is -0.323. The molecule has 0 heterocycles. The third-order valence-corrected chi connectivity index (χ3v) is 1.96. The highest BCUT2D eigenvalue weighted by atomic mass is 28.4. The molecule has 0 saturated heterocycles. The first-order chi connectivity index (χ1) is 4.21. The van der Waals surface area contributed by atoms with Crippen molar-refractivity contribution in [3.63, 3.8) is 0 Å². The molecular formula is C3H10F3N3Si. The molecule has 0 rings (SSSR count). The van der Waals surface area contributed by atoms with Crippen LogP contribution in [0.15, 0.2) is 0 Å². The lowest BCUT2D eigenvalue weighted by molar-refractivity contribution is -0.130. The van der Waals surface area contributed by atoms with Crippen molar-refractivity contribution in [2.45, 2.75) is 18.6 Å². The molecule has 0 aliphatic heterocycles. The summed E-state index contributed by atoms with van der Waals surface area (Å²) in [5.74, 6) is 0. The van der Waals surface area contributed by atoms with Gasteiger partial charge in [0, 0.05) is 6.42 Å². The Bertz CT molecular complexity index is 92.5. The van der Waals surface area contributed by atoms with E-state index in [1.807, 2.05) is 0 Å². The van der Waals surface area contributed by atoms with E-state index in [2.05, 4.69) is 0 Å². The molecule has 0 aromatic carbocycles. The summed E-state index contributed by atoms with van der Waals surface area (Å²) in [5, 5.41) is 15.1. The lowest BCUT2D eigenvalue weighted by Crippen LogP contribution is -2.64. The number of nitrogens with two attached hydrogens (primary N) is 3. The van der Waals surface area contributed by atoms with E-state index in [1.54, 1.807) is 0 Å². The Morgan fingerprint density at radius 2 is 1.50 bits per heavy atom. The van der Waals surface area contributed by atoms with Crippen LogP contribution < -0.4 is 16.2 Å². The number of rotatable bonds is 2. The van der Waals surface area contributed by atoms with Gasteiger partial charge in [-0.25, -0.2) is 0 Å². The van der Waals surface area contributed by atoms with E-state index >= 15 is 0 Å². The first kappa shape index (κ1) is 9.89. The van der Waals surface area contributed by atoms with Gasteiger partial charge in [0.05, 0.1) is 0 Å². The Hall–Kier alpha value is -0.113. The molecule has 6 N–H and O–H groups in total. The monoisotopic (exact) mass is 173 g/mol. The molecule has 0 aromatic rings. The van der Waals surface area contributed by atoms with E-state index in [4.69, 9.17) is 16.2 Å². The minimum atomic E-state index is -4.20. The fourth-order valence-corrected chi connectivity index (χ4v) is 1.07. The Kier molecular flexibility index (Phi) is 2.83. The second-order valence-electron chi connectivity index (χ2n) is 2.23. The molecule has 0 fully saturated rings. The van der Waals surface area contributed by atoms with Gasteiger partial charge in [-0.15, -0.1) is 0 Å². The zero-order valence-electron chi connectivity index (χ0n) is 5.28. The quantitative estimate of drug-likeness (QED) is 0.504. The van der Waals surface area contributed by atoms with E-state index in [0.717, 1.165) is 0 Å². The molecule has 3 nitrogen and oxygen atoms in total. The van der Waals surface area contributed by atoms with Crippen molar-refractivity contribution in [1.29, 1.82) is 0 Å². The predicted molar refractivity (Wildman–Crippen MR) is 33.8 cm³/mol. The van der Waals surface area contributed by atoms with Crippen LogP contribution in [0.25, 0.3) is 0 Å². The van der Waals surface area contributed by atoms with Crippen LogP contribution in [0.4, 0.5) is 13.2 Å². The van der Waals surface area contributed by atoms with Gasteiger partial charge in [0.2, 0.25) is 0 Å². The van der Waals surface area contributed by atoms with E-state index in [-0.39, 0.29) is 6.04 Å². The Morgan fingerprint density at radius 3 is 1.60 bits per heavy atom. The first-order valence-electron chi connectivity index (χ1n) is 2.64. The van der Waals surface area contributed by atoms with Gasteiger partial charge in [-0.2, -0.15) is 13.2 Å². The molecule has 0 atom stereocenters. The Labute approximate surface area is 57.6 Å². The smallest absolute Gasteiger partial charge is 0.327 e. The van der Waals surface area contributed by atoms with Gasteiger partial charge in [0.25, 0.3) is 8.56 Å². The van der Waals surface area contributed by atoms with Crippen LogP contribution in [0.1, 0.15) is 6.42 Å². The van der Waals surface area contributed by atoms with Crippen LogP contribution in [-0.4, -0.2) is 14.7 Å². The summed E-state index contributed by atoms with van der Waals surface area (Å²) in [6.45, 7) is 0. The van der Waals surface area contributed by atoms with Crippen molar-refractivity contribution >= 4 is 8.56 Å². The molecule has 0 aromatic heterocycles. The number of hydrogen-bond donors (Lipinski definition) is 3. The summed E-state index contributed by atoms with van der Waals surface area (Å²) in [6.07, 6.45) is -5.18. The fraction of sp³-hybridized carbons (Fsp3) is 1.00. The zero-order valence-corrected chi connectivity index (χ0v) is 6.28. The fourth-order valence-electron chi connectivity index (χ4n) is 0.358. The molecule has 10 heavy (non-hydrogen) atoms. The highest BCUT2D eigenvalue weighted by molar-refractivity contribution is 6.70. The molecule has 0 aliphatic carbocycles. The van der Waals surface area contributed by atoms with E-state index < -0.39 is 21.2 Å². The largest absolute Gasteiger partial charge is 0.389 e. The maximum Gasteiger partial charge on any atom is 0.389 e. The number of hydrogen-bond acceptors (Lipinski definition) is 3. The van der Waals surface area contributed by atoms with E-state index in [9.17, 15) is 13.2 Å². The highest BCUT2D eigenvalue weighted by Crippen LogP contribution is 2.22. The summed E-state index contributed by atoms with van der Waals surface area (Å²) in [4.78, 5) is 0. The van der Waals surface area contributed by atoms with E-state index in [1.165, 1.54) is 0 Å². The second kappa shape index (κ2) is 2.87. The van der Waals surface area contributed by atoms with Gasteiger partial charge in [-0.3, -0.25) is 0 Å². The molecule has 0 radical (unpaired) electrons. The molecule has 0 amide bonds. The summed E-state index contributed by atoms with van der Waals surface area (Å²) >= 11 is 0. The van der Waals surface area contributed by atoms with Crippen molar-refractivity contribution < 1.29 is 13.2 Å². The summed E-state index contributed by atoms with van der Waals surface area (Å²) < 4.78 is 34.3. The molecular weight excluding hydrogens is 163 g/mol. The van der Waals surface area contributed by atoms with Gasteiger partial charge < -0.3 is 16.2 Å². The Morgan fingerprint density at radius 1 is 1.10 bits per heavy atom. The topological polar surface area (TPSA) is 78.1 Å². The van der Waals surface area contributed by atoms with Crippen LogP contribution >= 0.6 is 0 Å². The van der Waals surface area contributed by atoms with Gasteiger partial charge in [0.1, 0.15) is 0 Å². The van der Waals surface area contributed by atoms with Gasteiger partial charge in [0.15, 0.2) is 0 Å². The average molecular weight is 173 g/mol. The molecule has 62 valence electrons. The van der Waals surface area contributed by atoms with Crippen molar-refractivity contribution in [1.82, 2.24) is 0 Å². The van der Waals surface area contributed by atoms with E-state index in [0.29, 0.717) is 0 Å². The standard InChI is InChI=1S/C3H10F3N3Si/c4-3(5,6)1-2-10(7,8)9/h1-2,7-9H2. The van der Waals surface area contributed by atoms with Crippen LogP contribution in [-0.2, 0) is 0 Å². The minimum absolute atomic E-state index is 0.323. The van der Waals surface area contributed by atoms with Crippen LogP contribution in [0.2, 0.25) is 6.04 Å². The SMILES string of the molecule is N[Si](N)(N)CCC(F)(F)F. The van der Waals surface area contributed by atoms with Crippen molar-refractivity contribution in [3.05, 3.63) is 0 Å². The minimum Gasteiger partial charge on any atom is -0.327 e. The maximum absolute atomic E-state index is 11.4. The van der Waals surface area contributed by atoms with Crippen LogP contribution in [0.5, 0.6) is 0 Å². The molecule has 0 unspecified atom stereocenters. The maximum atomic E-state index is 11.4. The highest BCUT2D eigenvalue weighted by Gasteiger charge is 2.31. The normalized spacial score (nSPS) is 13.8. The van der Waals surface area contributed by atoms with Crippen molar-refractivity contribution in [2.75, 3.05) is 0 Å². The molecule has 7 heteroatoms. The number of halogens is 3. The molecule has 0 saturated carbocycles. The number of alkyl halides is 3. The second-order valence-corrected chi connectivity index (χ2v) is 4.95. The molecule has 0 aliphatic rings. The van der Waals surface area contributed by atoms with Crippen molar-refractivity contribution in [2.24, 2.45) is 16.2 Å². The Balaban J connectivity index is 3.56. The van der Waals surface area contributed by atoms with Crippen LogP contribution in [0, 0.1) is 0 Å². The summed E-state index contributed by atoms with van der Waals surface area (Å²) in [7, 11) is -2.99. The predicted octanol–water partition coefficient (Wildman–Crippen LogP) is -0.246. The summed E-state index contributed by atoms with van der Waals surface area (Å²) in [5.41, 5.74) is 0. The lowest BCUT2D eigenvalue weighted by Gasteiger charge is -2.14. The lowest BCUT2D eigenvalue weighted by atomic mass is 10.5. The molecule has 0 bridgehead atoms. The first-order valence-corrected chi connectivity index (χ1v) is 5.08. The van der Waals surface area contributed by atoms with Crippen LogP contribution in [0.3, 0.4) is 0 Å². The zero-order chi connectivity index (χ0) is 8.41. The average Bonchev–Trinajstić information content (AvgIpc) is 1.57. The van der Waals surface area contributed by atoms with Gasteiger partial charge in [-0.05, 0) is 6.04 Å². The molecule has 0 spiro atoms. The van der Waals surface area contributed by atoms with Crippen molar-refractivity contribution in [3.8, 4) is 0 Å².